The zero-order valence-electron chi connectivity index (χ0n) is 8.18. The number of thiazole rings is 1. The Balaban J connectivity index is 2.28. The van der Waals surface area contributed by atoms with Crippen LogP contribution in [0.5, 0.6) is 0 Å². The molecule has 2 aromatic rings. The Labute approximate surface area is 119 Å². The van der Waals surface area contributed by atoms with Crippen LogP contribution in [0.3, 0.4) is 0 Å². The number of carboxylic acids is 1. The number of nitrogens with zero attached hydrogens (tertiary/aromatic N) is 1. The van der Waals surface area contributed by atoms with Crippen molar-refractivity contribution in [1.82, 2.24) is 4.98 Å². The maximum atomic E-state index is 11.0. The van der Waals surface area contributed by atoms with Crippen LogP contribution in [0.25, 0.3) is 0 Å². The summed E-state index contributed by atoms with van der Waals surface area (Å²) in [6.07, 6.45) is 0. The molecule has 7 heteroatoms. The summed E-state index contributed by atoms with van der Waals surface area (Å²) in [4.78, 5) is 15.9. The number of carbonyl (C=O) groups is 1. The molecule has 0 fully saturated rings. The summed E-state index contributed by atoms with van der Waals surface area (Å²) in [5.74, 6) is -0.962. The zero-order valence-corrected chi connectivity index (χ0v) is 12.2. The molecule has 0 saturated carbocycles. The van der Waals surface area contributed by atoms with Crippen molar-refractivity contribution in [3.05, 3.63) is 38.8 Å². The highest BCUT2D eigenvalue weighted by Gasteiger charge is 2.10. The van der Waals surface area contributed by atoms with Gasteiger partial charge in [-0.2, -0.15) is 0 Å². The van der Waals surface area contributed by atoms with Gasteiger partial charge in [-0.3, -0.25) is 0 Å². The van der Waals surface area contributed by atoms with Gasteiger partial charge in [0, 0.05) is 14.7 Å². The van der Waals surface area contributed by atoms with Crippen LogP contribution >= 0.6 is 50.6 Å². The van der Waals surface area contributed by atoms with E-state index < -0.39 is 5.97 Å². The molecule has 0 amide bonds. The number of aromatic carboxylic acids is 1. The van der Waals surface area contributed by atoms with Gasteiger partial charge in [0.25, 0.3) is 0 Å². The normalized spacial score (nSPS) is 10.5. The third-order valence-electron chi connectivity index (χ3n) is 1.83. The van der Waals surface area contributed by atoms with Crippen molar-refractivity contribution in [1.29, 1.82) is 0 Å². The molecule has 1 N–H and O–H groups in total. The summed E-state index contributed by atoms with van der Waals surface area (Å²) in [6.45, 7) is 0. The van der Waals surface area contributed by atoms with Gasteiger partial charge in [-0.05, 0) is 34.1 Å². The molecular weight excluding hydrogens is 346 g/mol. The highest BCUT2D eigenvalue weighted by Crippen LogP contribution is 2.33. The molecule has 1 aromatic carbocycles. The Morgan fingerprint density at radius 1 is 1.53 bits per heavy atom. The monoisotopic (exact) mass is 349 g/mol. The second-order valence-electron chi connectivity index (χ2n) is 2.99. The van der Waals surface area contributed by atoms with Gasteiger partial charge in [0.2, 0.25) is 0 Å². The van der Waals surface area contributed by atoms with Crippen LogP contribution in [0.15, 0.2) is 37.3 Å². The number of benzene rings is 1. The second-order valence-corrected chi connectivity index (χ2v) is 6.41. The van der Waals surface area contributed by atoms with E-state index in [1.165, 1.54) is 23.1 Å². The molecule has 1 heterocycles. The molecular formula is C10H5BrClNO2S2. The minimum atomic E-state index is -0.962. The molecule has 0 spiro atoms. The van der Waals surface area contributed by atoms with E-state index in [-0.39, 0.29) is 5.56 Å². The number of halogens is 2. The van der Waals surface area contributed by atoms with Crippen molar-refractivity contribution in [2.75, 3.05) is 0 Å². The van der Waals surface area contributed by atoms with Gasteiger partial charge in [0.05, 0.1) is 5.56 Å². The Morgan fingerprint density at radius 3 is 2.88 bits per heavy atom. The smallest absolute Gasteiger partial charge is 0.336 e. The van der Waals surface area contributed by atoms with E-state index in [1.807, 2.05) is 6.07 Å². The standard InChI is InChI=1S/C10H5BrClNO2S2/c11-7-2-1-5(3-6(7)9(14)15)17-10-13-8(12)4-16-10/h1-4H,(H,14,15). The fourth-order valence-electron chi connectivity index (χ4n) is 1.12. The van der Waals surface area contributed by atoms with Crippen molar-refractivity contribution >= 4 is 56.6 Å². The molecule has 17 heavy (non-hydrogen) atoms. The van der Waals surface area contributed by atoms with Gasteiger partial charge in [-0.25, -0.2) is 9.78 Å². The average Bonchev–Trinajstić information content (AvgIpc) is 2.66. The highest BCUT2D eigenvalue weighted by atomic mass is 79.9. The number of carboxylic acid groups (broad SMARTS) is 1. The third-order valence-corrected chi connectivity index (χ3v) is 4.77. The van der Waals surface area contributed by atoms with E-state index >= 15 is 0 Å². The summed E-state index contributed by atoms with van der Waals surface area (Å²) in [6, 6.07) is 5.14. The van der Waals surface area contributed by atoms with Crippen molar-refractivity contribution in [3.8, 4) is 0 Å². The van der Waals surface area contributed by atoms with E-state index in [2.05, 4.69) is 20.9 Å². The summed E-state index contributed by atoms with van der Waals surface area (Å²) in [7, 11) is 0. The lowest BCUT2D eigenvalue weighted by molar-refractivity contribution is 0.0695. The second kappa shape index (κ2) is 5.39. The average molecular weight is 351 g/mol. The quantitative estimate of drug-likeness (QED) is 0.891. The summed E-state index contributed by atoms with van der Waals surface area (Å²) >= 11 is 11.7. The third kappa shape index (κ3) is 3.22. The fourth-order valence-corrected chi connectivity index (χ4v) is 3.54. The van der Waals surface area contributed by atoms with Crippen LogP contribution in [-0.2, 0) is 0 Å². The van der Waals surface area contributed by atoms with E-state index in [1.54, 1.807) is 17.5 Å². The predicted molar refractivity (Wildman–Crippen MR) is 72.3 cm³/mol. The fraction of sp³-hybridized carbons (Fsp3) is 0. The number of hydrogen-bond acceptors (Lipinski definition) is 4. The number of rotatable bonds is 3. The van der Waals surface area contributed by atoms with E-state index in [0.29, 0.717) is 9.63 Å². The molecule has 0 radical (unpaired) electrons. The van der Waals surface area contributed by atoms with Crippen LogP contribution < -0.4 is 0 Å². The first-order chi connectivity index (χ1) is 8.06. The Kier molecular flexibility index (Phi) is 4.09. The molecule has 3 nitrogen and oxygen atoms in total. The molecule has 2 rings (SSSR count). The first kappa shape index (κ1) is 12.9. The summed E-state index contributed by atoms with van der Waals surface area (Å²) in [5, 5.41) is 11.2. The van der Waals surface area contributed by atoms with Crippen LogP contribution in [0.2, 0.25) is 5.15 Å². The van der Waals surface area contributed by atoms with Crippen molar-refractivity contribution in [3.63, 3.8) is 0 Å². The molecule has 0 aliphatic rings. The van der Waals surface area contributed by atoms with E-state index in [4.69, 9.17) is 16.7 Å². The zero-order chi connectivity index (χ0) is 12.4. The number of hydrogen-bond donors (Lipinski definition) is 1. The Bertz CT molecular complexity index is 573. The lowest BCUT2D eigenvalue weighted by atomic mass is 10.2. The molecule has 0 unspecified atom stereocenters. The molecule has 88 valence electrons. The molecule has 0 aliphatic heterocycles. The Hall–Kier alpha value is -0.560. The summed E-state index contributed by atoms with van der Waals surface area (Å²) in [5.41, 5.74) is 0.234. The lowest BCUT2D eigenvalue weighted by Gasteiger charge is -2.02. The van der Waals surface area contributed by atoms with E-state index in [9.17, 15) is 4.79 Å². The van der Waals surface area contributed by atoms with Crippen molar-refractivity contribution in [2.45, 2.75) is 9.24 Å². The van der Waals surface area contributed by atoms with Crippen LogP contribution in [-0.4, -0.2) is 16.1 Å². The minimum absolute atomic E-state index is 0.234. The Morgan fingerprint density at radius 2 is 2.29 bits per heavy atom. The number of aromatic nitrogens is 1. The van der Waals surface area contributed by atoms with Gasteiger partial charge >= 0.3 is 5.97 Å². The molecule has 0 aliphatic carbocycles. The summed E-state index contributed by atoms with van der Waals surface area (Å²) < 4.78 is 1.35. The van der Waals surface area contributed by atoms with E-state index in [0.717, 1.165) is 9.24 Å². The van der Waals surface area contributed by atoms with Crippen molar-refractivity contribution < 1.29 is 9.90 Å². The molecule has 0 saturated heterocycles. The van der Waals surface area contributed by atoms with Crippen LogP contribution in [0.1, 0.15) is 10.4 Å². The molecule has 1 aromatic heterocycles. The maximum Gasteiger partial charge on any atom is 0.336 e. The maximum absolute atomic E-state index is 11.0. The largest absolute Gasteiger partial charge is 0.478 e. The van der Waals surface area contributed by atoms with Gasteiger partial charge in [0.1, 0.15) is 5.15 Å². The van der Waals surface area contributed by atoms with Gasteiger partial charge < -0.3 is 5.11 Å². The van der Waals surface area contributed by atoms with Gasteiger partial charge in [0.15, 0.2) is 4.34 Å². The highest BCUT2D eigenvalue weighted by molar-refractivity contribution is 9.10. The van der Waals surface area contributed by atoms with Crippen LogP contribution in [0, 0.1) is 0 Å². The first-order valence-electron chi connectivity index (χ1n) is 4.38. The first-order valence-corrected chi connectivity index (χ1v) is 7.24. The SMILES string of the molecule is O=C(O)c1cc(Sc2nc(Cl)cs2)ccc1Br. The lowest BCUT2D eigenvalue weighted by Crippen LogP contribution is -1.97. The van der Waals surface area contributed by atoms with Crippen LogP contribution in [0.4, 0.5) is 0 Å². The topological polar surface area (TPSA) is 50.2 Å². The molecule has 0 bridgehead atoms. The minimum Gasteiger partial charge on any atom is -0.478 e. The predicted octanol–water partition coefficient (Wildman–Crippen LogP) is 4.41. The molecule has 0 atom stereocenters. The van der Waals surface area contributed by atoms with Crippen molar-refractivity contribution in [2.24, 2.45) is 0 Å². The van der Waals surface area contributed by atoms with Gasteiger partial charge in [-0.1, -0.05) is 23.4 Å². The van der Waals surface area contributed by atoms with Gasteiger partial charge in [-0.15, -0.1) is 11.3 Å².